The van der Waals surface area contributed by atoms with E-state index in [0.29, 0.717) is 50.3 Å². The molecule has 0 spiro atoms. The molecule has 2 aromatic heterocycles. The molecule has 8 rings (SSSR count). The first kappa shape index (κ1) is 33.3. The maximum Gasteiger partial charge on any atom is 0.416 e. The van der Waals surface area contributed by atoms with E-state index in [4.69, 9.17) is 15.0 Å². The smallest absolute Gasteiger partial charge is 0.309 e. The highest BCUT2D eigenvalue weighted by Gasteiger charge is 2.37. The standard InChI is InChI=1S/C42H23F6N5/c43-41(44,45)30-20-29(21-31(23-30)42(46,47)48)32-17-16-28(22-37(32)53-35-14-8-7-13-33(35)34-19-25(24-49)15-18-36(34)53)40-51-38(26-9-3-1-4-10-26)50-39(52-40)27-11-5-2-6-12-27/h1-23H. The molecule has 11 heteroatoms. The molecule has 53 heavy (non-hydrogen) atoms. The molecular formula is C42H23F6N5. The van der Waals surface area contributed by atoms with Crippen LogP contribution in [0.3, 0.4) is 0 Å². The number of rotatable bonds is 5. The van der Waals surface area contributed by atoms with Crippen molar-refractivity contribution in [3.05, 3.63) is 156 Å². The largest absolute Gasteiger partial charge is 0.416 e. The van der Waals surface area contributed by atoms with Gasteiger partial charge in [0.05, 0.1) is 39.5 Å². The summed E-state index contributed by atoms with van der Waals surface area (Å²) in [5, 5.41) is 11.1. The average Bonchev–Trinajstić information content (AvgIpc) is 3.50. The maximum absolute atomic E-state index is 14.1. The molecule has 0 saturated heterocycles. The quantitative estimate of drug-likeness (QED) is 0.167. The Morgan fingerprint density at radius 1 is 0.472 bits per heavy atom. The minimum Gasteiger partial charge on any atom is -0.309 e. The Kier molecular flexibility index (Phi) is 8.03. The van der Waals surface area contributed by atoms with Crippen LogP contribution in [0.4, 0.5) is 26.3 Å². The Morgan fingerprint density at radius 3 is 1.57 bits per heavy atom. The van der Waals surface area contributed by atoms with E-state index in [9.17, 15) is 31.6 Å². The third-order valence-electron chi connectivity index (χ3n) is 8.90. The number of fused-ring (bicyclic) bond motifs is 3. The summed E-state index contributed by atoms with van der Waals surface area (Å²) in [7, 11) is 0. The second-order valence-electron chi connectivity index (χ2n) is 12.3. The predicted molar refractivity (Wildman–Crippen MR) is 191 cm³/mol. The van der Waals surface area contributed by atoms with Gasteiger partial charge < -0.3 is 4.57 Å². The maximum atomic E-state index is 14.1. The van der Waals surface area contributed by atoms with Crippen LogP contribution in [0.25, 0.3) is 72.8 Å². The van der Waals surface area contributed by atoms with Gasteiger partial charge in [0.15, 0.2) is 17.5 Å². The van der Waals surface area contributed by atoms with Crippen LogP contribution in [0.2, 0.25) is 0 Å². The number of nitriles is 1. The van der Waals surface area contributed by atoms with Gasteiger partial charge in [0.2, 0.25) is 0 Å². The summed E-state index contributed by atoms with van der Waals surface area (Å²) in [5.41, 5.74) is 0.644. The number of hydrogen-bond donors (Lipinski definition) is 0. The fourth-order valence-corrected chi connectivity index (χ4v) is 6.45. The van der Waals surface area contributed by atoms with Gasteiger partial charge in [-0.05, 0) is 54.1 Å². The summed E-state index contributed by atoms with van der Waals surface area (Å²) < 4.78 is 86.6. The van der Waals surface area contributed by atoms with Gasteiger partial charge in [0.25, 0.3) is 0 Å². The molecule has 0 aliphatic heterocycles. The van der Waals surface area contributed by atoms with Gasteiger partial charge in [0.1, 0.15) is 0 Å². The van der Waals surface area contributed by atoms with Crippen LogP contribution >= 0.6 is 0 Å². The second-order valence-corrected chi connectivity index (χ2v) is 12.3. The molecule has 0 amide bonds. The van der Waals surface area contributed by atoms with Crippen LogP contribution < -0.4 is 0 Å². The van der Waals surface area contributed by atoms with E-state index in [2.05, 4.69) is 6.07 Å². The molecule has 0 aliphatic rings. The molecule has 258 valence electrons. The first-order valence-corrected chi connectivity index (χ1v) is 16.2. The van der Waals surface area contributed by atoms with Gasteiger partial charge in [-0.2, -0.15) is 31.6 Å². The SMILES string of the molecule is N#Cc1ccc2c(c1)c1ccccc1n2-c1cc(-c2nc(-c3ccccc3)nc(-c3ccccc3)n2)ccc1-c1cc(C(F)(F)F)cc(C(F)(F)F)c1. The normalized spacial score (nSPS) is 11.9. The molecular weight excluding hydrogens is 688 g/mol. The highest BCUT2D eigenvalue weighted by atomic mass is 19.4. The number of para-hydroxylation sites is 1. The minimum absolute atomic E-state index is 0.0954. The summed E-state index contributed by atoms with van der Waals surface area (Å²) in [6.45, 7) is 0. The van der Waals surface area contributed by atoms with E-state index in [0.717, 1.165) is 17.5 Å². The lowest BCUT2D eigenvalue weighted by molar-refractivity contribution is -0.143. The Morgan fingerprint density at radius 2 is 1.00 bits per heavy atom. The zero-order valence-electron chi connectivity index (χ0n) is 27.3. The highest BCUT2D eigenvalue weighted by molar-refractivity contribution is 6.10. The number of halogens is 6. The monoisotopic (exact) mass is 711 g/mol. The lowest BCUT2D eigenvalue weighted by Gasteiger charge is -2.19. The van der Waals surface area contributed by atoms with Crippen LogP contribution in [0.5, 0.6) is 0 Å². The van der Waals surface area contributed by atoms with Crippen molar-refractivity contribution in [3.63, 3.8) is 0 Å². The van der Waals surface area contributed by atoms with Crippen molar-refractivity contribution < 1.29 is 26.3 Å². The predicted octanol–water partition coefficient (Wildman–Crippen LogP) is 11.5. The third-order valence-corrected chi connectivity index (χ3v) is 8.90. The molecule has 0 unspecified atom stereocenters. The van der Waals surface area contributed by atoms with Crippen molar-refractivity contribution in [3.8, 4) is 57.0 Å². The first-order chi connectivity index (χ1) is 25.5. The molecule has 0 fully saturated rings. The number of benzene rings is 6. The lowest BCUT2D eigenvalue weighted by Crippen LogP contribution is -2.11. The van der Waals surface area contributed by atoms with Crippen molar-refractivity contribution in [2.75, 3.05) is 0 Å². The zero-order chi connectivity index (χ0) is 36.9. The van der Waals surface area contributed by atoms with E-state index >= 15 is 0 Å². The summed E-state index contributed by atoms with van der Waals surface area (Å²) in [6.07, 6.45) is -10.1. The molecule has 0 bridgehead atoms. The lowest BCUT2D eigenvalue weighted by atomic mass is 9.96. The Balaban J connectivity index is 1.45. The first-order valence-electron chi connectivity index (χ1n) is 16.2. The molecule has 2 heterocycles. The van der Waals surface area contributed by atoms with Crippen LogP contribution in [-0.4, -0.2) is 19.5 Å². The fraction of sp³-hybridized carbons (Fsp3) is 0.0476. The van der Waals surface area contributed by atoms with Gasteiger partial charge >= 0.3 is 12.4 Å². The van der Waals surface area contributed by atoms with Gasteiger partial charge in [0, 0.05) is 33.0 Å². The molecule has 5 nitrogen and oxygen atoms in total. The van der Waals surface area contributed by atoms with E-state index in [1.54, 1.807) is 47.0 Å². The van der Waals surface area contributed by atoms with Crippen LogP contribution in [0, 0.1) is 11.3 Å². The molecule has 0 aliphatic carbocycles. The minimum atomic E-state index is -5.05. The van der Waals surface area contributed by atoms with Gasteiger partial charge in [-0.25, -0.2) is 15.0 Å². The fourth-order valence-electron chi connectivity index (χ4n) is 6.45. The number of aromatic nitrogens is 4. The number of hydrogen-bond acceptors (Lipinski definition) is 4. The molecule has 8 aromatic rings. The van der Waals surface area contributed by atoms with Gasteiger partial charge in [-0.3, -0.25) is 0 Å². The Hall–Kier alpha value is -6.80. The molecule has 0 N–H and O–H groups in total. The summed E-state index contributed by atoms with van der Waals surface area (Å²) in [4.78, 5) is 14.3. The zero-order valence-corrected chi connectivity index (χ0v) is 27.3. The Bertz CT molecular complexity index is 2620. The number of nitrogens with zero attached hydrogens (tertiary/aromatic N) is 5. The van der Waals surface area contributed by atoms with Gasteiger partial charge in [-0.1, -0.05) is 91.0 Å². The van der Waals surface area contributed by atoms with E-state index < -0.39 is 23.5 Å². The average molecular weight is 712 g/mol. The summed E-state index contributed by atoms with van der Waals surface area (Å²) in [6, 6.07) is 39.2. The van der Waals surface area contributed by atoms with Crippen LogP contribution in [0.15, 0.2) is 140 Å². The third kappa shape index (κ3) is 6.25. The topological polar surface area (TPSA) is 67.4 Å². The highest BCUT2D eigenvalue weighted by Crippen LogP contribution is 2.43. The molecule has 0 radical (unpaired) electrons. The molecule has 6 aromatic carbocycles. The van der Waals surface area contributed by atoms with Crippen molar-refractivity contribution in [2.45, 2.75) is 12.4 Å². The summed E-state index contributed by atoms with van der Waals surface area (Å²) in [5.74, 6) is 0.973. The van der Waals surface area contributed by atoms with E-state index in [-0.39, 0.29) is 28.7 Å². The van der Waals surface area contributed by atoms with Crippen LogP contribution in [0.1, 0.15) is 16.7 Å². The van der Waals surface area contributed by atoms with Crippen LogP contribution in [-0.2, 0) is 12.4 Å². The van der Waals surface area contributed by atoms with Crippen molar-refractivity contribution >= 4 is 21.8 Å². The van der Waals surface area contributed by atoms with Crippen molar-refractivity contribution in [1.29, 1.82) is 5.26 Å². The van der Waals surface area contributed by atoms with Crippen molar-refractivity contribution in [1.82, 2.24) is 19.5 Å². The van der Waals surface area contributed by atoms with E-state index in [1.807, 2.05) is 72.8 Å². The second kappa shape index (κ2) is 12.8. The van der Waals surface area contributed by atoms with Crippen molar-refractivity contribution in [2.24, 2.45) is 0 Å². The van der Waals surface area contributed by atoms with Gasteiger partial charge in [-0.15, -0.1) is 0 Å². The molecule has 0 saturated carbocycles. The van der Waals surface area contributed by atoms with E-state index in [1.165, 1.54) is 6.07 Å². The Labute approximate surface area is 298 Å². The number of alkyl halides is 6. The molecule has 0 atom stereocenters. The summed E-state index contributed by atoms with van der Waals surface area (Å²) >= 11 is 0.